The van der Waals surface area contributed by atoms with E-state index in [0.717, 1.165) is 17.6 Å². The highest BCUT2D eigenvalue weighted by Gasteiger charge is 2.29. The quantitative estimate of drug-likeness (QED) is 0.666. The normalized spacial score (nSPS) is 25.5. The van der Waals surface area contributed by atoms with Crippen LogP contribution in [0.1, 0.15) is 26.2 Å². The second kappa shape index (κ2) is 4.57. The zero-order valence-electron chi connectivity index (χ0n) is 9.82. The van der Waals surface area contributed by atoms with Gasteiger partial charge in [-0.2, -0.15) is 0 Å². The summed E-state index contributed by atoms with van der Waals surface area (Å²) in [7, 11) is 0. The minimum absolute atomic E-state index is 0.178. The number of carbonyl (C=O) groups is 2. The summed E-state index contributed by atoms with van der Waals surface area (Å²) in [5, 5.41) is 2.38. The van der Waals surface area contributed by atoms with Gasteiger partial charge in [0, 0.05) is 12.1 Å². The fraction of sp³-hybridized carbons (Fsp3) is 0.385. The molecular weight excluding hydrogens is 216 g/mol. The molecular formula is C13H16N2O2. The molecule has 0 aromatic heterocycles. The fourth-order valence-electron chi connectivity index (χ4n) is 2.25. The molecule has 90 valence electrons. The number of hydrogen-bond donors (Lipinski definition) is 2. The van der Waals surface area contributed by atoms with E-state index in [1.165, 1.54) is 0 Å². The lowest BCUT2D eigenvalue weighted by Crippen LogP contribution is -2.41. The number of imide groups is 1. The van der Waals surface area contributed by atoms with E-state index >= 15 is 0 Å². The van der Waals surface area contributed by atoms with Crippen LogP contribution in [0.15, 0.2) is 35.1 Å². The summed E-state index contributed by atoms with van der Waals surface area (Å²) < 4.78 is 0. The number of carbonyl (C=O) groups excluding carboxylic acids is 2. The van der Waals surface area contributed by atoms with E-state index in [1.807, 2.05) is 25.2 Å². The molecule has 1 unspecified atom stereocenters. The van der Waals surface area contributed by atoms with E-state index in [1.54, 1.807) is 0 Å². The van der Waals surface area contributed by atoms with Crippen molar-refractivity contribution in [1.82, 2.24) is 5.32 Å². The van der Waals surface area contributed by atoms with Crippen molar-refractivity contribution in [2.24, 2.45) is 11.7 Å². The van der Waals surface area contributed by atoms with E-state index < -0.39 is 0 Å². The first-order chi connectivity index (χ1) is 8.06. The van der Waals surface area contributed by atoms with Crippen molar-refractivity contribution >= 4 is 11.8 Å². The monoisotopic (exact) mass is 232 g/mol. The topological polar surface area (TPSA) is 72.2 Å². The van der Waals surface area contributed by atoms with Crippen molar-refractivity contribution in [2.75, 3.05) is 0 Å². The van der Waals surface area contributed by atoms with Gasteiger partial charge < -0.3 is 5.73 Å². The van der Waals surface area contributed by atoms with Gasteiger partial charge in [0.05, 0.1) is 5.92 Å². The summed E-state index contributed by atoms with van der Waals surface area (Å²) in [6.45, 7) is 1.99. The van der Waals surface area contributed by atoms with Crippen molar-refractivity contribution < 1.29 is 9.59 Å². The van der Waals surface area contributed by atoms with Crippen LogP contribution in [0, 0.1) is 5.92 Å². The highest BCUT2D eigenvalue weighted by Crippen LogP contribution is 2.28. The summed E-state index contributed by atoms with van der Waals surface area (Å²) in [6.07, 6.45) is 7.38. The number of allylic oxidation sites excluding steroid dienone is 4. The molecule has 0 aromatic carbocycles. The van der Waals surface area contributed by atoms with Gasteiger partial charge in [-0.1, -0.05) is 17.2 Å². The third-order valence-corrected chi connectivity index (χ3v) is 3.07. The summed E-state index contributed by atoms with van der Waals surface area (Å²) >= 11 is 0. The molecule has 1 atom stereocenters. The van der Waals surface area contributed by atoms with Gasteiger partial charge in [0.2, 0.25) is 11.8 Å². The number of hydrogen-bond acceptors (Lipinski definition) is 3. The molecule has 0 spiro atoms. The minimum Gasteiger partial charge on any atom is -0.399 e. The van der Waals surface area contributed by atoms with Crippen LogP contribution in [0.4, 0.5) is 0 Å². The van der Waals surface area contributed by atoms with Gasteiger partial charge in [0.15, 0.2) is 0 Å². The molecule has 2 rings (SSSR count). The van der Waals surface area contributed by atoms with Gasteiger partial charge in [0.25, 0.3) is 0 Å². The predicted molar refractivity (Wildman–Crippen MR) is 64.6 cm³/mol. The Morgan fingerprint density at radius 2 is 2.12 bits per heavy atom. The Bertz CT molecular complexity index is 458. The fourth-order valence-corrected chi connectivity index (χ4v) is 2.25. The Balaban J connectivity index is 2.21. The molecule has 0 bridgehead atoms. The molecule has 4 nitrogen and oxygen atoms in total. The molecule has 1 saturated heterocycles. The van der Waals surface area contributed by atoms with Gasteiger partial charge in [-0.3, -0.25) is 14.9 Å². The average molecular weight is 232 g/mol. The van der Waals surface area contributed by atoms with Crippen LogP contribution in [-0.4, -0.2) is 11.8 Å². The first kappa shape index (κ1) is 11.6. The third-order valence-electron chi connectivity index (χ3n) is 3.07. The molecule has 0 radical (unpaired) electrons. The van der Waals surface area contributed by atoms with Crippen LogP contribution in [0.25, 0.3) is 0 Å². The Labute approximate surface area is 100 Å². The van der Waals surface area contributed by atoms with Crippen molar-refractivity contribution in [3.8, 4) is 0 Å². The molecule has 1 fully saturated rings. The van der Waals surface area contributed by atoms with Crippen molar-refractivity contribution in [3.05, 3.63) is 35.1 Å². The summed E-state index contributed by atoms with van der Waals surface area (Å²) in [5.41, 5.74) is 8.62. The van der Waals surface area contributed by atoms with Crippen molar-refractivity contribution in [3.63, 3.8) is 0 Å². The summed E-state index contributed by atoms with van der Waals surface area (Å²) in [6, 6.07) is 0. The Morgan fingerprint density at radius 3 is 2.82 bits per heavy atom. The molecule has 17 heavy (non-hydrogen) atoms. The maximum absolute atomic E-state index is 11.8. The number of piperidine rings is 1. The molecule has 1 aliphatic heterocycles. The smallest absolute Gasteiger partial charge is 0.233 e. The highest BCUT2D eigenvalue weighted by atomic mass is 16.2. The predicted octanol–water partition coefficient (Wildman–Crippen LogP) is 1.16. The molecule has 3 N–H and O–H groups in total. The van der Waals surface area contributed by atoms with Crippen LogP contribution < -0.4 is 11.1 Å². The van der Waals surface area contributed by atoms with Crippen molar-refractivity contribution in [1.29, 1.82) is 0 Å². The molecule has 4 heteroatoms. The molecule has 2 aliphatic rings. The zero-order chi connectivity index (χ0) is 12.4. The molecule has 0 saturated carbocycles. The van der Waals surface area contributed by atoms with E-state index in [-0.39, 0.29) is 17.7 Å². The molecule has 1 aliphatic carbocycles. The number of nitrogens with one attached hydrogen (secondary N) is 1. The maximum atomic E-state index is 11.8. The largest absolute Gasteiger partial charge is 0.399 e. The number of rotatable bonds is 1. The molecule has 0 aromatic rings. The van der Waals surface area contributed by atoms with Gasteiger partial charge in [0.1, 0.15) is 0 Å². The zero-order valence-corrected chi connectivity index (χ0v) is 9.82. The lowest BCUT2D eigenvalue weighted by Gasteiger charge is -2.23. The first-order valence-corrected chi connectivity index (χ1v) is 5.73. The maximum Gasteiger partial charge on any atom is 0.233 e. The van der Waals surface area contributed by atoms with E-state index in [2.05, 4.69) is 5.32 Å². The van der Waals surface area contributed by atoms with E-state index in [0.29, 0.717) is 18.5 Å². The van der Waals surface area contributed by atoms with Gasteiger partial charge in [-0.05, 0) is 31.9 Å². The average Bonchev–Trinajstić information content (AvgIpc) is 2.39. The number of nitrogens with two attached hydrogens (primary N) is 1. The summed E-state index contributed by atoms with van der Waals surface area (Å²) in [5.74, 6) is -0.560. The Morgan fingerprint density at radius 1 is 1.35 bits per heavy atom. The highest BCUT2D eigenvalue weighted by molar-refractivity contribution is 5.99. The van der Waals surface area contributed by atoms with Gasteiger partial charge >= 0.3 is 0 Å². The van der Waals surface area contributed by atoms with Crippen LogP contribution >= 0.6 is 0 Å². The van der Waals surface area contributed by atoms with Gasteiger partial charge in [-0.25, -0.2) is 0 Å². The Hall–Kier alpha value is -1.84. The van der Waals surface area contributed by atoms with Crippen LogP contribution in [0.2, 0.25) is 0 Å². The SMILES string of the molecule is CC1=CC(N)=CC=C(C2CCC(=O)NC2=O)C1. The van der Waals surface area contributed by atoms with Crippen LogP contribution in [-0.2, 0) is 9.59 Å². The number of amides is 2. The second-order valence-corrected chi connectivity index (χ2v) is 4.58. The lowest BCUT2D eigenvalue weighted by molar-refractivity contribution is -0.135. The van der Waals surface area contributed by atoms with E-state index in [9.17, 15) is 9.59 Å². The second-order valence-electron chi connectivity index (χ2n) is 4.58. The van der Waals surface area contributed by atoms with Crippen LogP contribution in [0.3, 0.4) is 0 Å². The Kier molecular flexibility index (Phi) is 3.13. The van der Waals surface area contributed by atoms with Crippen molar-refractivity contribution in [2.45, 2.75) is 26.2 Å². The first-order valence-electron chi connectivity index (χ1n) is 5.73. The third kappa shape index (κ3) is 2.64. The standard InChI is InChI=1S/C13H16N2O2/c1-8-6-9(2-3-10(14)7-8)11-4-5-12(16)15-13(11)17/h2-3,7,11H,4-6,14H2,1H3,(H,15,16,17). The molecule has 2 amide bonds. The lowest BCUT2D eigenvalue weighted by atomic mass is 9.87. The molecule has 1 heterocycles. The van der Waals surface area contributed by atoms with Crippen LogP contribution in [0.5, 0.6) is 0 Å². The summed E-state index contributed by atoms with van der Waals surface area (Å²) in [4.78, 5) is 22.9. The van der Waals surface area contributed by atoms with E-state index in [4.69, 9.17) is 5.73 Å². The minimum atomic E-state index is -0.196. The van der Waals surface area contributed by atoms with Gasteiger partial charge in [-0.15, -0.1) is 0 Å².